The van der Waals surface area contributed by atoms with Crippen LogP contribution >= 0.6 is 11.3 Å². The largest absolute Gasteiger partial charge is 0.393 e. The maximum Gasteiger partial charge on any atom is 0.393 e. The van der Waals surface area contributed by atoms with E-state index in [0.717, 1.165) is 86.9 Å². The van der Waals surface area contributed by atoms with Crippen LogP contribution in [0.25, 0.3) is 21.1 Å². The van der Waals surface area contributed by atoms with Crippen molar-refractivity contribution in [2.24, 2.45) is 11.3 Å². The van der Waals surface area contributed by atoms with Crippen LogP contribution in [-0.2, 0) is 24.3 Å². The molecule has 4 aromatic rings. The Hall–Kier alpha value is -3.73. The van der Waals surface area contributed by atoms with Gasteiger partial charge in [0, 0.05) is 59.6 Å². The van der Waals surface area contributed by atoms with Gasteiger partial charge in [-0.15, -0.1) is 11.3 Å². The van der Waals surface area contributed by atoms with E-state index in [2.05, 4.69) is 67.4 Å². The third-order valence-electron chi connectivity index (χ3n) is 11.7. The third kappa shape index (κ3) is 6.06. The average molecular weight is 691 g/mol. The molecule has 1 atom stereocenters. The van der Waals surface area contributed by atoms with E-state index >= 15 is 0 Å². The molecule has 0 radical (unpaired) electrons. The molecule has 258 valence electrons. The predicted molar refractivity (Wildman–Crippen MR) is 183 cm³/mol. The first-order valence-electron chi connectivity index (χ1n) is 17.3. The van der Waals surface area contributed by atoms with Gasteiger partial charge in [-0.2, -0.15) is 18.4 Å². The highest BCUT2D eigenvalue weighted by Crippen LogP contribution is 2.72. The van der Waals surface area contributed by atoms with E-state index in [1.165, 1.54) is 17.5 Å². The minimum Gasteiger partial charge on any atom is -0.367 e. The number of amides is 1. The zero-order valence-electron chi connectivity index (χ0n) is 27.8. The number of aromatic nitrogens is 3. The molecule has 4 aliphatic carbocycles. The van der Waals surface area contributed by atoms with Crippen molar-refractivity contribution in [3.8, 4) is 6.07 Å². The number of benzene rings is 1. The number of rotatable bonds is 11. The number of piperidine rings is 1. The minimum absolute atomic E-state index is 0.0896. The minimum atomic E-state index is -4.26. The summed E-state index contributed by atoms with van der Waals surface area (Å²) < 4.78 is 41.1. The second kappa shape index (κ2) is 12.0. The first-order valence-corrected chi connectivity index (χ1v) is 18.1. The molecule has 2 bridgehead atoms. The normalized spacial score (nSPS) is 25.6. The molecule has 49 heavy (non-hydrogen) atoms. The van der Waals surface area contributed by atoms with Gasteiger partial charge in [-0.1, -0.05) is 13.0 Å². The molecule has 1 amide bonds. The number of anilines is 1. The molecular formula is C36H41F3N8OS. The highest BCUT2D eigenvalue weighted by molar-refractivity contribution is 7.18. The average Bonchev–Trinajstić information content (AvgIpc) is 3.69. The summed E-state index contributed by atoms with van der Waals surface area (Å²) in [4.78, 5) is 24.4. The molecule has 9 rings (SSSR count). The molecule has 5 fully saturated rings. The summed E-state index contributed by atoms with van der Waals surface area (Å²) in [7, 11) is 0. The zero-order valence-corrected chi connectivity index (χ0v) is 28.6. The number of likely N-dealkylation sites (tertiary alicyclic amines) is 1. The van der Waals surface area contributed by atoms with Crippen LogP contribution in [0.1, 0.15) is 67.1 Å². The van der Waals surface area contributed by atoms with Gasteiger partial charge in [0.15, 0.2) is 0 Å². The van der Waals surface area contributed by atoms with E-state index in [1.54, 1.807) is 6.07 Å². The first-order chi connectivity index (χ1) is 23.4. The van der Waals surface area contributed by atoms with E-state index in [9.17, 15) is 23.2 Å². The van der Waals surface area contributed by atoms with Gasteiger partial charge in [-0.05, 0) is 86.1 Å². The summed E-state index contributed by atoms with van der Waals surface area (Å²) in [6.45, 7) is 8.14. The smallest absolute Gasteiger partial charge is 0.367 e. The lowest BCUT2D eigenvalue weighted by atomic mass is 9.33. The van der Waals surface area contributed by atoms with Gasteiger partial charge < -0.3 is 20.5 Å². The van der Waals surface area contributed by atoms with E-state index in [1.807, 2.05) is 6.07 Å². The Bertz CT molecular complexity index is 1960. The van der Waals surface area contributed by atoms with Gasteiger partial charge in [-0.25, -0.2) is 9.97 Å². The maximum atomic E-state index is 13.0. The number of alkyl halides is 3. The number of carbonyl (C=O) groups is 1. The van der Waals surface area contributed by atoms with Crippen LogP contribution in [0.5, 0.6) is 0 Å². The monoisotopic (exact) mass is 690 g/mol. The molecule has 4 saturated carbocycles. The van der Waals surface area contributed by atoms with Crippen LogP contribution in [0.2, 0.25) is 0 Å². The zero-order chi connectivity index (χ0) is 34.1. The van der Waals surface area contributed by atoms with Crippen LogP contribution in [0, 0.1) is 29.6 Å². The van der Waals surface area contributed by atoms with Crippen LogP contribution < -0.4 is 16.0 Å². The molecule has 3 N–H and O–H groups in total. The van der Waals surface area contributed by atoms with E-state index in [-0.39, 0.29) is 27.8 Å². The van der Waals surface area contributed by atoms with Crippen LogP contribution in [0.3, 0.4) is 0 Å². The fourth-order valence-corrected chi connectivity index (χ4v) is 9.70. The van der Waals surface area contributed by atoms with Crippen molar-refractivity contribution in [3.63, 3.8) is 0 Å². The van der Waals surface area contributed by atoms with Gasteiger partial charge in [0.25, 0.3) is 0 Å². The van der Waals surface area contributed by atoms with Crippen molar-refractivity contribution in [2.45, 2.75) is 95.7 Å². The van der Waals surface area contributed by atoms with E-state index in [4.69, 9.17) is 0 Å². The topological polar surface area (TPSA) is 111 Å². The fourth-order valence-electron chi connectivity index (χ4n) is 8.68. The molecule has 13 heteroatoms. The molecule has 1 saturated heterocycles. The number of thiophene rings is 1. The molecule has 5 aliphatic rings. The number of halogens is 3. The van der Waals surface area contributed by atoms with Crippen molar-refractivity contribution in [1.82, 2.24) is 30.1 Å². The number of carbonyl (C=O) groups excluding carboxylic acids is 1. The third-order valence-corrected chi connectivity index (χ3v) is 12.8. The van der Waals surface area contributed by atoms with Crippen molar-refractivity contribution in [1.29, 1.82) is 5.26 Å². The Morgan fingerprint density at radius 3 is 2.57 bits per heavy atom. The molecule has 0 spiro atoms. The molecule has 9 nitrogen and oxygen atoms in total. The number of aryl methyl sites for hydroxylation is 1. The summed E-state index contributed by atoms with van der Waals surface area (Å²) in [6.07, 6.45) is 2.21. The SMILES string of the molecule is Cc1c(CN2CCC(Nc3ncnc4sc(CC(F)(F)F)cc34)CC2)ccc2c1cc(C#N)n2CC12CC(NC(=O)CNC3CC3)(C1)C2C. The van der Waals surface area contributed by atoms with Crippen LogP contribution in [0.15, 0.2) is 30.6 Å². The summed E-state index contributed by atoms with van der Waals surface area (Å²) >= 11 is 1.07. The summed E-state index contributed by atoms with van der Waals surface area (Å²) in [5.74, 6) is 1.05. The van der Waals surface area contributed by atoms with Gasteiger partial charge in [-0.3, -0.25) is 9.69 Å². The van der Waals surface area contributed by atoms with Gasteiger partial charge >= 0.3 is 6.18 Å². The Labute approximate surface area is 287 Å². The Morgan fingerprint density at radius 1 is 1.10 bits per heavy atom. The number of hydrogen-bond acceptors (Lipinski definition) is 8. The number of nitriles is 1. The molecule has 4 heterocycles. The Kier molecular flexibility index (Phi) is 7.92. The van der Waals surface area contributed by atoms with Crippen molar-refractivity contribution < 1.29 is 18.0 Å². The van der Waals surface area contributed by atoms with Crippen LogP contribution in [0.4, 0.5) is 19.0 Å². The van der Waals surface area contributed by atoms with Crippen LogP contribution in [-0.4, -0.2) is 68.8 Å². The number of fused-ring (bicyclic) bond motifs is 2. The lowest BCUT2D eigenvalue weighted by Gasteiger charge is -2.76. The summed E-state index contributed by atoms with van der Waals surface area (Å²) in [5, 5.41) is 22.0. The number of hydrogen-bond donors (Lipinski definition) is 3. The van der Waals surface area contributed by atoms with Crippen molar-refractivity contribution in [2.75, 3.05) is 25.0 Å². The van der Waals surface area contributed by atoms with Gasteiger partial charge in [0.05, 0.1) is 18.4 Å². The first kappa shape index (κ1) is 32.5. The summed E-state index contributed by atoms with van der Waals surface area (Å²) in [6, 6.07) is 11.1. The maximum absolute atomic E-state index is 13.0. The van der Waals surface area contributed by atoms with Crippen molar-refractivity contribution in [3.05, 3.63) is 52.3 Å². The highest BCUT2D eigenvalue weighted by Gasteiger charge is 2.74. The lowest BCUT2D eigenvalue weighted by molar-refractivity contribution is -0.228. The molecule has 1 unspecified atom stereocenters. The predicted octanol–water partition coefficient (Wildman–Crippen LogP) is 6.04. The molecule has 1 aliphatic heterocycles. The van der Waals surface area contributed by atoms with Gasteiger partial charge in [0.2, 0.25) is 5.91 Å². The number of nitrogens with zero attached hydrogens (tertiary/aromatic N) is 5. The van der Waals surface area contributed by atoms with E-state index < -0.39 is 12.6 Å². The lowest BCUT2D eigenvalue weighted by Crippen LogP contribution is -2.82. The fraction of sp³-hybridized carbons (Fsp3) is 0.556. The van der Waals surface area contributed by atoms with E-state index in [0.29, 0.717) is 40.2 Å². The van der Waals surface area contributed by atoms with Gasteiger partial charge in [0.1, 0.15) is 28.7 Å². The highest BCUT2D eigenvalue weighted by atomic mass is 32.1. The second-order valence-electron chi connectivity index (χ2n) is 14.9. The Balaban J connectivity index is 0.893. The van der Waals surface area contributed by atoms with Crippen molar-refractivity contribution >= 4 is 44.2 Å². The molecule has 3 aromatic heterocycles. The second-order valence-corrected chi connectivity index (χ2v) is 16.1. The molecular weight excluding hydrogens is 650 g/mol. The summed E-state index contributed by atoms with van der Waals surface area (Å²) in [5.41, 5.74) is 4.21. The standard InChI is InChI=1S/C36H41F3N8OS/c1-21-23(16-46-9-7-25(8-10-46)44-32-29-12-27(13-36(37,38)39)49-33(29)43-20-42-32)3-6-30-28(21)11-26(14-40)47(30)19-34-17-35(18-34,22(34)2)45-31(48)15-41-24-4-5-24/h3,6,11-12,20,22,24-25,41H,4-5,7-10,13,15-19H2,1-2H3,(H,45,48)(H,42,43,44). The Morgan fingerprint density at radius 2 is 1.88 bits per heavy atom. The number of nitrogens with one attached hydrogen (secondary N) is 3. The quantitative estimate of drug-likeness (QED) is 0.176. The molecule has 1 aromatic carbocycles.